The molecule has 4 aromatic rings. The summed E-state index contributed by atoms with van der Waals surface area (Å²) in [6, 6.07) is 12.4. The first-order valence-corrected chi connectivity index (χ1v) is 11.3. The van der Waals surface area contributed by atoms with Crippen molar-refractivity contribution in [2.45, 2.75) is 13.0 Å². The number of imidazole rings is 1. The molecule has 5 N–H and O–H groups in total. The van der Waals surface area contributed by atoms with Gasteiger partial charge in [-0.15, -0.1) is 0 Å². The number of nitrogens with one attached hydrogen (secondary N) is 3. The van der Waals surface area contributed by atoms with Crippen LogP contribution in [0.1, 0.15) is 28.9 Å². The van der Waals surface area contributed by atoms with Gasteiger partial charge in [-0.1, -0.05) is 18.7 Å². The number of aromatic nitrogens is 3. The maximum absolute atomic E-state index is 12.5. The summed E-state index contributed by atoms with van der Waals surface area (Å²) in [5.41, 5.74) is 8.29. The molecule has 0 saturated heterocycles. The van der Waals surface area contributed by atoms with Gasteiger partial charge in [0, 0.05) is 42.0 Å². The van der Waals surface area contributed by atoms with Gasteiger partial charge in [0.25, 0.3) is 5.91 Å². The molecule has 0 aliphatic carbocycles. The summed E-state index contributed by atoms with van der Waals surface area (Å²) in [5, 5.41) is 9.26. The Hall–Kier alpha value is -5.06. The Labute approximate surface area is 213 Å². The number of nitrogens with zero attached hydrogens (tertiary/aromatic N) is 3. The average molecular weight is 502 g/mol. The Balaban J connectivity index is 1.73. The molecule has 2 aromatic carbocycles. The lowest BCUT2D eigenvalue weighted by atomic mass is 10.1. The minimum atomic E-state index is -0.689. The van der Waals surface area contributed by atoms with Crippen LogP contribution < -0.4 is 31.2 Å². The van der Waals surface area contributed by atoms with Crippen molar-refractivity contribution in [3.8, 4) is 11.5 Å². The molecule has 2 amide bonds. The zero-order valence-electron chi connectivity index (χ0n) is 20.6. The molecular weight excluding hydrogens is 474 g/mol. The van der Waals surface area contributed by atoms with Crippen molar-refractivity contribution < 1.29 is 19.1 Å². The maximum atomic E-state index is 12.5. The van der Waals surface area contributed by atoms with Crippen LogP contribution in [0, 0.1) is 0 Å². The molecular formula is C26H27N7O4. The topological polar surface area (TPSA) is 145 Å². The molecule has 1 unspecified atom stereocenters. The number of hydrogen-bond acceptors (Lipinski definition) is 8. The number of carbonyl (C=O) groups excluding carboxylic acids is 2. The van der Waals surface area contributed by atoms with E-state index in [4.69, 9.17) is 15.2 Å². The van der Waals surface area contributed by atoms with Crippen LogP contribution in [0.25, 0.3) is 5.65 Å². The first-order valence-electron chi connectivity index (χ1n) is 11.3. The number of nitrogens with two attached hydrogens (primary N) is 1. The Kier molecular flexibility index (Phi) is 7.23. The van der Waals surface area contributed by atoms with Crippen LogP contribution in [0.5, 0.6) is 11.5 Å². The van der Waals surface area contributed by atoms with Crippen molar-refractivity contribution in [1.29, 1.82) is 0 Å². The highest BCUT2D eigenvalue weighted by atomic mass is 16.5. The number of hydrogen-bond donors (Lipinski definition) is 4. The molecule has 190 valence electrons. The van der Waals surface area contributed by atoms with Gasteiger partial charge in [0.15, 0.2) is 11.5 Å². The van der Waals surface area contributed by atoms with Crippen molar-refractivity contribution >= 4 is 40.6 Å². The van der Waals surface area contributed by atoms with E-state index in [1.54, 1.807) is 55.3 Å². The van der Waals surface area contributed by atoms with E-state index in [2.05, 4.69) is 32.5 Å². The molecule has 0 bridgehead atoms. The third kappa shape index (κ3) is 5.45. The number of carbonyl (C=O) groups is 2. The van der Waals surface area contributed by atoms with E-state index < -0.39 is 5.91 Å². The lowest BCUT2D eigenvalue weighted by Gasteiger charge is -2.19. The first kappa shape index (κ1) is 25.0. The maximum Gasteiger partial charge on any atom is 0.256 e. The monoisotopic (exact) mass is 501 g/mol. The predicted molar refractivity (Wildman–Crippen MR) is 142 cm³/mol. The molecule has 0 radical (unpaired) electrons. The lowest BCUT2D eigenvalue weighted by Crippen LogP contribution is -2.19. The molecule has 0 aliphatic rings. The molecule has 0 spiro atoms. The van der Waals surface area contributed by atoms with E-state index in [1.165, 1.54) is 6.08 Å². The van der Waals surface area contributed by atoms with Crippen LogP contribution in [0.2, 0.25) is 0 Å². The molecule has 11 nitrogen and oxygen atoms in total. The highest BCUT2D eigenvalue weighted by Gasteiger charge is 2.21. The number of fused-ring (bicyclic) bond motifs is 1. The number of methoxy groups -OCH3 is 2. The quantitative estimate of drug-likeness (QED) is 0.240. The average Bonchev–Trinajstić information content (AvgIpc) is 3.38. The van der Waals surface area contributed by atoms with E-state index in [9.17, 15) is 9.59 Å². The van der Waals surface area contributed by atoms with Gasteiger partial charge in [0.1, 0.15) is 17.1 Å². The molecule has 0 aliphatic heterocycles. The molecule has 1 atom stereocenters. The standard InChI is InChI=1S/C26H27N7O4/c1-5-21(34)30-17-8-6-7-16(11-17)15(2)29-26-32-24(22(23(27)35)25-28-9-10-33(25)26)31-18-12-19(36-3)14-20(13-18)37-4/h5-15,31H,1H2,2-4H3,(H2,27,35)(H,29,32)(H,30,34). The van der Waals surface area contributed by atoms with Crippen LogP contribution in [-0.2, 0) is 4.79 Å². The van der Waals surface area contributed by atoms with Crippen molar-refractivity contribution in [1.82, 2.24) is 14.4 Å². The van der Waals surface area contributed by atoms with Crippen LogP contribution >= 0.6 is 0 Å². The molecule has 0 fully saturated rings. The van der Waals surface area contributed by atoms with Gasteiger partial charge in [-0.05, 0) is 30.7 Å². The zero-order chi connectivity index (χ0) is 26.5. The Morgan fingerprint density at radius 1 is 1.11 bits per heavy atom. The first-order chi connectivity index (χ1) is 17.8. The summed E-state index contributed by atoms with van der Waals surface area (Å²) in [7, 11) is 3.09. The highest BCUT2D eigenvalue weighted by Crippen LogP contribution is 2.31. The molecule has 2 aromatic heterocycles. The third-order valence-corrected chi connectivity index (χ3v) is 5.59. The summed E-state index contributed by atoms with van der Waals surface area (Å²) >= 11 is 0. The minimum absolute atomic E-state index is 0.124. The molecule has 11 heteroatoms. The van der Waals surface area contributed by atoms with Crippen molar-refractivity contribution in [3.05, 3.63) is 78.6 Å². The lowest BCUT2D eigenvalue weighted by molar-refractivity contribution is -0.111. The Morgan fingerprint density at radius 3 is 2.49 bits per heavy atom. The molecule has 0 saturated carbocycles. The fourth-order valence-corrected chi connectivity index (χ4v) is 3.77. The summed E-state index contributed by atoms with van der Waals surface area (Å²) in [6.07, 6.45) is 4.45. The van der Waals surface area contributed by atoms with E-state index in [1.807, 2.05) is 25.1 Å². The van der Waals surface area contributed by atoms with Gasteiger partial charge >= 0.3 is 0 Å². The van der Waals surface area contributed by atoms with Crippen LogP contribution in [-0.4, -0.2) is 40.4 Å². The van der Waals surface area contributed by atoms with Crippen LogP contribution in [0.3, 0.4) is 0 Å². The summed E-state index contributed by atoms with van der Waals surface area (Å²) in [5.74, 6) is 0.753. The minimum Gasteiger partial charge on any atom is -0.497 e. The number of amides is 2. The van der Waals surface area contributed by atoms with Gasteiger partial charge < -0.3 is 31.2 Å². The number of ether oxygens (including phenoxy) is 2. The largest absolute Gasteiger partial charge is 0.497 e. The van der Waals surface area contributed by atoms with E-state index in [-0.39, 0.29) is 23.3 Å². The molecule has 2 heterocycles. The predicted octanol–water partition coefficient (Wildman–Crippen LogP) is 3.89. The number of anilines is 4. The zero-order valence-corrected chi connectivity index (χ0v) is 20.6. The Morgan fingerprint density at radius 2 is 1.84 bits per heavy atom. The normalized spacial score (nSPS) is 11.4. The number of rotatable bonds is 10. The molecule has 4 rings (SSSR count). The smallest absolute Gasteiger partial charge is 0.256 e. The summed E-state index contributed by atoms with van der Waals surface area (Å²) in [6.45, 7) is 5.42. The van der Waals surface area contributed by atoms with E-state index in [0.717, 1.165) is 5.56 Å². The second kappa shape index (κ2) is 10.7. The SMILES string of the molecule is C=CC(=O)Nc1cccc(C(C)Nc2nc(Nc3cc(OC)cc(OC)c3)c(C(N)=O)c3nccn23)c1. The molecule has 37 heavy (non-hydrogen) atoms. The van der Waals surface area contributed by atoms with Crippen LogP contribution in [0.4, 0.5) is 23.1 Å². The van der Waals surface area contributed by atoms with Gasteiger partial charge in [0.2, 0.25) is 11.9 Å². The van der Waals surface area contributed by atoms with Gasteiger partial charge in [0.05, 0.1) is 20.3 Å². The second-order valence-corrected chi connectivity index (χ2v) is 8.06. The number of primary amides is 1. The van der Waals surface area contributed by atoms with Crippen LogP contribution in [0.15, 0.2) is 67.5 Å². The van der Waals surface area contributed by atoms with Crippen molar-refractivity contribution in [3.63, 3.8) is 0 Å². The van der Waals surface area contributed by atoms with Gasteiger partial charge in [-0.2, -0.15) is 4.98 Å². The summed E-state index contributed by atoms with van der Waals surface area (Å²) in [4.78, 5) is 33.2. The highest BCUT2D eigenvalue weighted by molar-refractivity contribution is 6.04. The second-order valence-electron chi connectivity index (χ2n) is 8.06. The third-order valence-electron chi connectivity index (χ3n) is 5.59. The fraction of sp³-hybridized carbons (Fsp3) is 0.154. The fourth-order valence-electron chi connectivity index (χ4n) is 3.77. The van der Waals surface area contributed by atoms with E-state index >= 15 is 0 Å². The number of benzene rings is 2. The van der Waals surface area contributed by atoms with Gasteiger partial charge in [-0.25, -0.2) is 4.98 Å². The van der Waals surface area contributed by atoms with Gasteiger partial charge in [-0.3, -0.25) is 14.0 Å². The summed E-state index contributed by atoms with van der Waals surface area (Å²) < 4.78 is 12.3. The van der Waals surface area contributed by atoms with E-state index in [0.29, 0.717) is 34.5 Å². The van der Waals surface area contributed by atoms with Crippen molar-refractivity contribution in [2.75, 3.05) is 30.2 Å². The Bertz CT molecular complexity index is 1460. The van der Waals surface area contributed by atoms with Crippen molar-refractivity contribution in [2.24, 2.45) is 5.73 Å².